The molecule has 0 unspecified atom stereocenters. The number of amides is 2. The summed E-state index contributed by atoms with van der Waals surface area (Å²) in [6.45, 7) is 0. The molecule has 0 N–H and O–H groups in total. The Bertz CT molecular complexity index is 580. The second-order valence-corrected chi connectivity index (χ2v) is 3.68. The molecule has 0 atom stereocenters. The number of carbonyl (C=O) groups excluding carboxylic acids is 2. The highest BCUT2D eigenvalue weighted by Gasteiger charge is 2.13. The molecular formula is C9H5BrN2O3. The number of nitrogens with zero attached hydrogens (tertiary/aromatic N) is 2. The van der Waals surface area contributed by atoms with E-state index in [1.807, 2.05) is 0 Å². The zero-order valence-corrected chi connectivity index (χ0v) is 9.24. The molecule has 15 heavy (non-hydrogen) atoms. The van der Waals surface area contributed by atoms with Gasteiger partial charge in [0, 0.05) is 4.47 Å². The SMILES string of the molecule is COC(=O)c1cc(Br)c2c(c1)=NC(=O)N=2. The quantitative estimate of drug-likeness (QED) is 0.701. The first-order valence-electron chi connectivity index (χ1n) is 4.01. The lowest BCUT2D eigenvalue weighted by atomic mass is 10.2. The molecule has 0 saturated carbocycles. The number of carbonyl (C=O) groups is 2. The maximum atomic E-state index is 11.2. The van der Waals surface area contributed by atoms with Gasteiger partial charge in [-0.1, -0.05) is 0 Å². The van der Waals surface area contributed by atoms with Crippen LogP contribution in [0.3, 0.4) is 0 Å². The van der Waals surface area contributed by atoms with Crippen LogP contribution in [0.25, 0.3) is 0 Å². The second kappa shape index (κ2) is 3.54. The van der Waals surface area contributed by atoms with Gasteiger partial charge >= 0.3 is 12.0 Å². The Hall–Kier alpha value is -1.56. The van der Waals surface area contributed by atoms with E-state index in [1.54, 1.807) is 6.07 Å². The predicted octanol–water partition coefficient (Wildman–Crippen LogP) is 0.609. The fourth-order valence-corrected chi connectivity index (χ4v) is 1.78. The first-order valence-corrected chi connectivity index (χ1v) is 4.80. The molecule has 2 amide bonds. The van der Waals surface area contributed by atoms with E-state index in [0.29, 0.717) is 20.8 Å². The molecule has 76 valence electrons. The molecule has 0 aromatic heterocycles. The van der Waals surface area contributed by atoms with E-state index in [2.05, 4.69) is 30.7 Å². The van der Waals surface area contributed by atoms with Crippen LogP contribution in [0.15, 0.2) is 26.6 Å². The normalized spacial score (nSPS) is 12.8. The minimum Gasteiger partial charge on any atom is -0.465 e. The van der Waals surface area contributed by atoms with Crippen LogP contribution in [0.2, 0.25) is 0 Å². The predicted molar refractivity (Wildman–Crippen MR) is 53.2 cm³/mol. The zero-order chi connectivity index (χ0) is 11.0. The molecule has 0 fully saturated rings. The fraction of sp³-hybridized carbons (Fsp3) is 0.111. The van der Waals surface area contributed by atoms with E-state index in [1.165, 1.54) is 13.2 Å². The van der Waals surface area contributed by atoms with E-state index in [9.17, 15) is 9.59 Å². The van der Waals surface area contributed by atoms with Crippen LogP contribution in [-0.2, 0) is 4.74 Å². The number of rotatable bonds is 1. The van der Waals surface area contributed by atoms with Crippen molar-refractivity contribution in [2.24, 2.45) is 9.98 Å². The largest absolute Gasteiger partial charge is 0.465 e. The van der Waals surface area contributed by atoms with Gasteiger partial charge in [0.1, 0.15) is 5.36 Å². The van der Waals surface area contributed by atoms with Crippen molar-refractivity contribution in [2.45, 2.75) is 0 Å². The van der Waals surface area contributed by atoms with Crippen LogP contribution in [0, 0.1) is 0 Å². The standard InChI is InChI=1S/C9H5BrN2O3/c1-15-8(13)4-2-5(10)7-6(3-4)11-9(14)12-7/h2-3H,1H3. The van der Waals surface area contributed by atoms with Gasteiger partial charge < -0.3 is 4.74 Å². The average Bonchev–Trinajstić information content (AvgIpc) is 2.58. The van der Waals surface area contributed by atoms with E-state index < -0.39 is 12.0 Å². The average molecular weight is 269 g/mol. The van der Waals surface area contributed by atoms with E-state index in [0.717, 1.165) is 0 Å². The number of benzene rings is 1. The molecule has 0 bridgehead atoms. The van der Waals surface area contributed by atoms with E-state index >= 15 is 0 Å². The summed E-state index contributed by atoms with van der Waals surface area (Å²) in [5.41, 5.74) is 0.330. The van der Waals surface area contributed by atoms with Crippen LogP contribution in [0.4, 0.5) is 4.79 Å². The molecule has 0 spiro atoms. The maximum Gasteiger partial charge on any atom is 0.368 e. The lowest BCUT2D eigenvalue weighted by molar-refractivity contribution is 0.0600. The summed E-state index contributed by atoms with van der Waals surface area (Å²) in [5, 5.41) is 0.836. The topological polar surface area (TPSA) is 68.1 Å². The third kappa shape index (κ3) is 1.68. The molecule has 2 rings (SSSR count). The van der Waals surface area contributed by atoms with Gasteiger partial charge in [0.2, 0.25) is 0 Å². The molecular weight excluding hydrogens is 264 g/mol. The van der Waals surface area contributed by atoms with Gasteiger partial charge in [-0.25, -0.2) is 9.59 Å². The number of halogens is 1. The minimum atomic E-state index is -0.562. The van der Waals surface area contributed by atoms with Crippen LogP contribution >= 0.6 is 15.9 Å². The van der Waals surface area contributed by atoms with E-state index in [4.69, 9.17) is 0 Å². The summed E-state index contributed by atoms with van der Waals surface area (Å²) in [6.07, 6.45) is 0. The van der Waals surface area contributed by atoms with Gasteiger partial charge in [-0.05, 0) is 28.1 Å². The fourth-order valence-electron chi connectivity index (χ4n) is 1.24. The van der Waals surface area contributed by atoms with Gasteiger partial charge in [0.15, 0.2) is 0 Å². The van der Waals surface area contributed by atoms with Crippen molar-refractivity contribution < 1.29 is 14.3 Å². The number of esters is 1. The summed E-state index contributed by atoms with van der Waals surface area (Å²) in [5.74, 6) is -0.479. The monoisotopic (exact) mass is 268 g/mol. The molecule has 1 aliphatic rings. The molecule has 1 aliphatic heterocycles. The molecule has 1 heterocycles. The highest BCUT2D eigenvalue weighted by atomic mass is 79.9. The van der Waals surface area contributed by atoms with Gasteiger partial charge in [-0.15, -0.1) is 0 Å². The minimum absolute atomic E-state index is 0.330. The lowest BCUT2D eigenvalue weighted by Gasteiger charge is -1.98. The Morgan fingerprint density at radius 3 is 2.80 bits per heavy atom. The molecule has 0 saturated heterocycles. The Morgan fingerprint density at radius 2 is 2.13 bits per heavy atom. The summed E-state index contributed by atoms with van der Waals surface area (Å²) < 4.78 is 5.11. The number of fused-ring (bicyclic) bond motifs is 1. The Morgan fingerprint density at radius 1 is 1.40 bits per heavy atom. The summed E-state index contributed by atoms with van der Waals surface area (Å²) in [7, 11) is 1.29. The summed E-state index contributed by atoms with van der Waals surface area (Å²) in [4.78, 5) is 29.5. The number of urea groups is 1. The first kappa shape index (κ1) is 9.97. The van der Waals surface area contributed by atoms with Crippen molar-refractivity contribution in [3.8, 4) is 0 Å². The smallest absolute Gasteiger partial charge is 0.368 e. The third-order valence-electron chi connectivity index (χ3n) is 1.89. The van der Waals surface area contributed by atoms with Crippen molar-refractivity contribution >= 4 is 27.9 Å². The lowest BCUT2D eigenvalue weighted by Crippen LogP contribution is -2.25. The van der Waals surface area contributed by atoms with Crippen LogP contribution < -0.4 is 10.7 Å². The highest BCUT2D eigenvalue weighted by molar-refractivity contribution is 9.10. The van der Waals surface area contributed by atoms with Crippen molar-refractivity contribution in [1.82, 2.24) is 0 Å². The molecule has 5 nitrogen and oxygen atoms in total. The molecule has 0 aliphatic carbocycles. The van der Waals surface area contributed by atoms with Crippen LogP contribution in [0.1, 0.15) is 10.4 Å². The Kier molecular flexibility index (Phi) is 2.36. The Balaban J connectivity index is 2.70. The number of hydrogen-bond acceptors (Lipinski definition) is 3. The van der Waals surface area contributed by atoms with Gasteiger partial charge in [-0.2, -0.15) is 9.98 Å². The zero-order valence-electron chi connectivity index (χ0n) is 7.65. The Labute approximate surface area is 92.6 Å². The van der Waals surface area contributed by atoms with Crippen molar-refractivity contribution in [3.05, 3.63) is 32.9 Å². The number of hydrogen-bond donors (Lipinski definition) is 0. The molecule has 1 aromatic rings. The van der Waals surface area contributed by atoms with Crippen LogP contribution in [-0.4, -0.2) is 19.1 Å². The maximum absolute atomic E-state index is 11.2. The number of ether oxygens (including phenoxy) is 1. The van der Waals surface area contributed by atoms with Crippen molar-refractivity contribution in [2.75, 3.05) is 7.11 Å². The van der Waals surface area contributed by atoms with Gasteiger partial charge in [0.25, 0.3) is 0 Å². The van der Waals surface area contributed by atoms with Crippen LogP contribution in [0.5, 0.6) is 0 Å². The van der Waals surface area contributed by atoms with Crippen molar-refractivity contribution in [1.29, 1.82) is 0 Å². The first-order chi connectivity index (χ1) is 7.11. The highest BCUT2D eigenvalue weighted by Crippen LogP contribution is 2.07. The molecule has 6 heteroatoms. The second-order valence-electron chi connectivity index (χ2n) is 2.82. The van der Waals surface area contributed by atoms with E-state index in [-0.39, 0.29) is 0 Å². The number of methoxy groups -OCH3 is 1. The molecule has 0 radical (unpaired) electrons. The summed E-state index contributed by atoms with van der Waals surface area (Å²) >= 11 is 3.21. The van der Waals surface area contributed by atoms with Gasteiger partial charge in [-0.3, -0.25) is 0 Å². The van der Waals surface area contributed by atoms with Gasteiger partial charge in [0.05, 0.1) is 18.0 Å². The van der Waals surface area contributed by atoms with Crippen molar-refractivity contribution in [3.63, 3.8) is 0 Å². The molecule has 1 aromatic carbocycles. The summed E-state index contributed by atoms with van der Waals surface area (Å²) in [6, 6.07) is 2.45. The third-order valence-corrected chi connectivity index (χ3v) is 2.49.